The molecule has 1 fully saturated rings. The van der Waals surface area contributed by atoms with Crippen molar-refractivity contribution >= 4 is 17.5 Å². The molecule has 0 bridgehead atoms. The first kappa shape index (κ1) is 26.8. The SMILES string of the molecule is CCc1ccc(-c2nc3cc(CNCC(=O)N4CCCC4)ccn3c2-c2ccnc(NCC(C)(C)C)n2)cc1. The van der Waals surface area contributed by atoms with Crippen molar-refractivity contribution in [2.45, 2.75) is 53.5 Å². The molecule has 39 heavy (non-hydrogen) atoms. The lowest BCUT2D eigenvalue weighted by Crippen LogP contribution is -2.35. The number of aromatic nitrogens is 4. The minimum atomic E-state index is 0.110. The van der Waals surface area contributed by atoms with Crippen molar-refractivity contribution in [3.8, 4) is 22.6 Å². The fraction of sp³-hybridized carbons (Fsp3) is 0.419. The lowest BCUT2D eigenvalue weighted by atomic mass is 9.97. The van der Waals surface area contributed by atoms with Gasteiger partial charge in [0.1, 0.15) is 5.65 Å². The summed E-state index contributed by atoms with van der Waals surface area (Å²) in [6.07, 6.45) is 7.05. The molecule has 0 spiro atoms. The summed E-state index contributed by atoms with van der Waals surface area (Å²) in [6, 6.07) is 14.7. The van der Waals surface area contributed by atoms with Gasteiger partial charge in [0, 0.05) is 44.1 Å². The Balaban J connectivity index is 1.46. The van der Waals surface area contributed by atoms with Crippen LogP contribution in [0.25, 0.3) is 28.3 Å². The maximum Gasteiger partial charge on any atom is 0.236 e. The molecule has 1 aromatic carbocycles. The third kappa shape index (κ3) is 6.45. The summed E-state index contributed by atoms with van der Waals surface area (Å²) < 4.78 is 2.10. The molecule has 4 heterocycles. The van der Waals surface area contributed by atoms with Crippen LogP contribution in [0.5, 0.6) is 0 Å². The number of nitrogens with zero attached hydrogens (tertiary/aromatic N) is 5. The topological polar surface area (TPSA) is 87.5 Å². The third-order valence-corrected chi connectivity index (χ3v) is 7.07. The van der Waals surface area contributed by atoms with Crippen LogP contribution >= 0.6 is 0 Å². The molecule has 1 aliphatic heterocycles. The molecular formula is C31H39N7O. The summed E-state index contributed by atoms with van der Waals surface area (Å²) in [4.78, 5) is 28.8. The number of pyridine rings is 1. The Morgan fingerprint density at radius 2 is 1.77 bits per heavy atom. The summed E-state index contributed by atoms with van der Waals surface area (Å²) in [7, 11) is 0. The number of aryl methyl sites for hydroxylation is 1. The maximum absolute atomic E-state index is 12.4. The second-order valence-corrected chi connectivity index (χ2v) is 11.5. The van der Waals surface area contributed by atoms with Crippen molar-refractivity contribution in [1.29, 1.82) is 0 Å². The number of amides is 1. The molecule has 2 N–H and O–H groups in total. The van der Waals surface area contributed by atoms with E-state index in [9.17, 15) is 4.79 Å². The van der Waals surface area contributed by atoms with Crippen molar-refractivity contribution in [3.05, 3.63) is 66.0 Å². The number of carbonyl (C=O) groups excluding carboxylic acids is 1. The van der Waals surface area contributed by atoms with Gasteiger partial charge in [0.2, 0.25) is 11.9 Å². The van der Waals surface area contributed by atoms with E-state index in [-0.39, 0.29) is 11.3 Å². The minimum Gasteiger partial charge on any atom is -0.354 e. The Morgan fingerprint density at radius 3 is 2.49 bits per heavy atom. The molecule has 0 radical (unpaired) electrons. The van der Waals surface area contributed by atoms with Crippen LogP contribution in [0, 0.1) is 5.41 Å². The monoisotopic (exact) mass is 525 g/mol. The van der Waals surface area contributed by atoms with Gasteiger partial charge in [-0.15, -0.1) is 0 Å². The molecule has 0 unspecified atom stereocenters. The third-order valence-electron chi connectivity index (χ3n) is 7.07. The summed E-state index contributed by atoms with van der Waals surface area (Å²) in [5, 5.41) is 6.70. The Morgan fingerprint density at radius 1 is 1.00 bits per heavy atom. The second-order valence-electron chi connectivity index (χ2n) is 11.5. The quantitative estimate of drug-likeness (QED) is 0.313. The molecule has 3 aromatic heterocycles. The van der Waals surface area contributed by atoms with Crippen molar-refractivity contribution in [2.75, 3.05) is 31.5 Å². The van der Waals surface area contributed by atoms with Gasteiger partial charge in [-0.1, -0.05) is 52.0 Å². The highest BCUT2D eigenvalue weighted by Crippen LogP contribution is 2.32. The predicted octanol–water partition coefficient (Wildman–Crippen LogP) is 5.19. The number of hydrogen-bond donors (Lipinski definition) is 2. The van der Waals surface area contributed by atoms with Crippen molar-refractivity contribution in [1.82, 2.24) is 29.6 Å². The predicted molar refractivity (Wildman–Crippen MR) is 156 cm³/mol. The number of rotatable bonds is 9. The van der Waals surface area contributed by atoms with Crippen molar-refractivity contribution < 1.29 is 4.79 Å². The van der Waals surface area contributed by atoms with E-state index in [1.165, 1.54) is 5.56 Å². The van der Waals surface area contributed by atoms with Gasteiger partial charge in [0.05, 0.1) is 23.6 Å². The Labute approximate surface area is 230 Å². The molecule has 0 aliphatic carbocycles. The lowest BCUT2D eigenvalue weighted by molar-refractivity contribution is -0.129. The summed E-state index contributed by atoms with van der Waals surface area (Å²) in [5.41, 5.74) is 6.99. The molecule has 8 heteroatoms. The number of imidazole rings is 1. The van der Waals surface area contributed by atoms with E-state index in [2.05, 4.69) is 84.1 Å². The first-order chi connectivity index (χ1) is 18.8. The smallest absolute Gasteiger partial charge is 0.236 e. The highest BCUT2D eigenvalue weighted by atomic mass is 16.2. The van der Waals surface area contributed by atoms with E-state index in [0.717, 1.165) is 72.8 Å². The van der Waals surface area contributed by atoms with Crippen LogP contribution in [-0.2, 0) is 17.8 Å². The molecule has 8 nitrogen and oxygen atoms in total. The van der Waals surface area contributed by atoms with Gasteiger partial charge in [-0.2, -0.15) is 0 Å². The fourth-order valence-electron chi connectivity index (χ4n) is 4.85. The fourth-order valence-corrected chi connectivity index (χ4v) is 4.85. The summed E-state index contributed by atoms with van der Waals surface area (Å²) in [5.74, 6) is 0.780. The van der Waals surface area contributed by atoms with Gasteiger partial charge >= 0.3 is 0 Å². The Kier molecular flexibility index (Phi) is 7.93. The Bertz CT molecular complexity index is 1430. The molecule has 4 aromatic rings. The number of anilines is 1. The minimum absolute atomic E-state index is 0.110. The number of carbonyl (C=O) groups is 1. The van der Waals surface area contributed by atoms with Crippen LogP contribution in [-0.4, -0.2) is 56.3 Å². The van der Waals surface area contributed by atoms with Gasteiger partial charge in [0.15, 0.2) is 0 Å². The molecule has 5 rings (SSSR count). The van der Waals surface area contributed by atoms with E-state index in [0.29, 0.717) is 19.0 Å². The average molecular weight is 526 g/mol. The standard InChI is InChI=1S/C31H39N7O/c1-5-22-8-10-24(11-9-22)28-29(25-12-14-33-30(35-25)34-21-31(2,3)4)38-17-13-23(18-26(38)36-28)19-32-20-27(39)37-15-6-7-16-37/h8-14,17-18,32H,5-7,15-16,19-21H2,1-4H3,(H,33,34,35). The number of nitrogens with one attached hydrogen (secondary N) is 2. The molecule has 1 aliphatic rings. The van der Waals surface area contributed by atoms with Crippen LogP contribution < -0.4 is 10.6 Å². The van der Waals surface area contributed by atoms with E-state index >= 15 is 0 Å². The summed E-state index contributed by atoms with van der Waals surface area (Å²) in [6.45, 7) is 12.2. The normalized spacial score (nSPS) is 13.8. The van der Waals surface area contributed by atoms with Gasteiger partial charge in [-0.3, -0.25) is 9.20 Å². The van der Waals surface area contributed by atoms with Gasteiger partial charge in [-0.25, -0.2) is 15.0 Å². The number of fused-ring (bicyclic) bond motifs is 1. The van der Waals surface area contributed by atoms with E-state index in [4.69, 9.17) is 9.97 Å². The van der Waals surface area contributed by atoms with Gasteiger partial charge in [0.25, 0.3) is 0 Å². The molecule has 0 atom stereocenters. The van der Waals surface area contributed by atoms with E-state index in [1.54, 1.807) is 6.20 Å². The lowest BCUT2D eigenvalue weighted by Gasteiger charge is -2.18. The Hall–Kier alpha value is -3.78. The molecule has 1 amide bonds. The zero-order chi connectivity index (χ0) is 27.4. The highest BCUT2D eigenvalue weighted by Gasteiger charge is 2.20. The zero-order valence-corrected chi connectivity index (χ0v) is 23.5. The van der Waals surface area contributed by atoms with Crippen LogP contribution in [0.2, 0.25) is 0 Å². The number of benzene rings is 1. The second kappa shape index (κ2) is 11.5. The van der Waals surface area contributed by atoms with Crippen LogP contribution in [0.3, 0.4) is 0 Å². The molecule has 204 valence electrons. The largest absolute Gasteiger partial charge is 0.354 e. The average Bonchev–Trinajstić information content (AvgIpc) is 3.60. The van der Waals surface area contributed by atoms with Gasteiger partial charge in [-0.05, 0) is 54.0 Å². The van der Waals surface area contributed by atoms with Gasteiger partial charge < -0.3 is 15.5 Å². The number of hydrogen-bond acceptors (Lipinski definition) is 6. The zero-order valence-electron chi connectivity index (χ0n) is 23.5. The maximum atomic E-state index is 12.4. The van der Waals surface area contributed by atoms with E-state index < -0.39 is 0 Å². The van der Waals surface area contributed by atoms with Crippen LogP contribution in [0.15, 0.2) is 54.9 Å². The van der Waals surface area contributed by atoms with Crippen molar-refractivity contribution in [3.63, 3.8) is 0 Å². The van der Waals surface area contributed by atoms with Crippen molar-refractivity contribution in [2.24, 2.45) is 5.41 Å². The molecule has 1 saturated heterocycles. The van der Waals surface area contributed by atoms with Crippen LogP contribution in [0.4, 0.5) is 5.95 Å². The number of likely N-dealkylation sites (tertiary alicyclic amines) is 1. The highest BCUT2D eigenvalue weighted by molar-refractivity contribution is 5.81. The van der Waals surface area contributed by atoms with E-state index in [1.807, 2.05) is 17.2 Å². The summed E-state index contributed by atoms with van der Waals surface area (Å²) >= 11 is 0. The first-order valence-electron chi connectivity index (χ1n) is 14.0. The molecular weight excluding hydrogens is 486 g/mol. The van der Waals surface area contributed by atoms with Crippen LogP contribution in [0.1, 0.15) is 51.7 Å². The molecule has 0 saturated carbocycles. The first-order valence-corrected chi connectivity index (χ1v) is 14.0.